The molecule has 0 saturated heterocycles. The Labute approximate surface area is 79.2 Å². The molecule has 0 amide bonds. The minimum Gasteiger partial charge on any atom is -0.443 e. The highest BCUT2D eigenvalue weighted by atomic mass is 35.5. The zero-order chi connectivity index (χ0) is 8.36. The van der Waals surface area contributed by atoms with Crippen LogP contribution in [-0.2, 0) is 9.53 Å². The third-order valence-electron chi connectivity index (χ3n) is 0.515. The predicted molar refractivity (Wildman–Crippen MR) is 44.8 cm³/mol. The predicted octanol–water partition coefficient (Wildman–Crippen LogP) is 2.18. The fourth-order valence-electron chi connectivity index (χ4n) is 0.218. The molecule has 2 nitrogen and oxygen atoms in total. The second-order valence-corrected chi connectivity index (χ2v) is 4.63. The Morgan fingerprint density at radius 3 is 2.20 bits per heavy atom. The molecule has 0 aromatic carbocycles. The van der Waals surface area contributed by atoms with Gasteiger partial charge in [0, 0.05) is 0 Å². The molecule has 0 aromatic rings. The number of hydrogen-bond acceptors (Lipinski definition) is 3. The monoisotopic (exact) mass is 222 g/mol. The van der Waals surface area contributed by atoms with Crippen molar-refractivity contribution in [2.75, 3.05) is 0 Å². The first kappa shape index (κ1) is 10.7. The maximum atomic E-state index is 10.6. The molecule has 0 heterocycles. The fraction of sp³-hybridized carbons (Fsp3) is 0.750. The van der Waals surface area contributed by atoms with E-state index in [0.717, 1.165) is 0 Å². The van der Waals surface area contributed by atoms with Gasteiger partial charge in [0.2, 0.25) is 0 Å². The Bertz CT molecular complexity index is 131. The maximum Gasteiger partial charge on any atom is 0.354 e. The quantitative estimate of drug-likeness (QED) is 0.441. The van der Waals surface area contributed by atoms with Crippen LogP contribution in [0, 0.1) is 0 Å². The lowest BCUT2D eigenvalue weighted by Gasteiger charge is -2.12. The lowest BCUT2D eigenvalue weighted by Crippen LogP contribution is -2.24. The zero-order valence-electron chi connectivity index (χ0n) is 4.97. The summed E-state index contributed by atoms with van der Waals surface area (Å²) >= 11 is 19.3. The van der Waals surface area contributed by atoms with Crippen molar-refractivity contribution in [2.24, 2.45) is 0 Å². The van der Waals surface area contributed by atoms with E-state index in [9.17, 15) is 4.79 Å². The van der Waals surface area contributed by atoms with E-state index in [-0.39, 0.29) is 0 Å². The number of carbonyl (C=O) groups is 1. The molecule has 0 aliphatic heterocycles. The molecule has 0 fully saturated rings. The van der Waals surface area contributed by atoms with Gasteiger partial charge in [-0.05, 0) is 6.92 Å². The first-order chi connectivity index (χ1) is 4.34. The minimum absolute atomic E-state index is 0.753. The van der Waals surface area contributed by atoms with Gasteiger partial charge in [-0.25, -0.2) is 4.79 Å². The lowest BCUT2D eigenvalue weighted by molar-refractivity contribution is -0.143. The molecule has 0 saturated carbocycles. The number of ether oxygens (including phenoxy) is 1. The average molecular weight is 224 g/mol. The van der Waals surface area contributed by atoms with Gasteiger partial charge >= 0.3 is 5.97 Å². The summed E-state index contributed by atoms with van der Waals surface area (Å²) in [7, 11) is 0. The van der Waals surface area contributed by atoms with Gasteiger partial charge in [0.1, 0.15) is 0 Å². The molecular weight excluding hydrogens is 218 g/mol. The van der Waals surface area contributed by atoms with Gasteiger partial charge in [-0.1, -0.05) is 34.8 Å². The number of rotatable bonds is 2. The molecule has 1 unspecified atom stereocenters. The molecule has 0 spiro atoms. The van der Waals surface area contributed by atoms with Gasteiger partial charge in [-0.2, -0.15) is 0 Å². The Morgan fingerprint density at radius 1 is 1.70 bits per heavy atom. The van der Waals surface area contributed by atoms with Crippen LogP contribution < -0.4 is 0 Å². The molecule has 0 aromatic heterocycles. The summed E-state index contributed by atoms with van der Waals surface area (Å²) in [6, 6.07) is 0. The maximum absolute atomic E-state index is 10.6. The van der Waals surface area contributed by atoms with E-state index in [1.54, 1.807) is 0 Å². The summed E-state index contributed by atoms with van der Waals surface area (Å²) in [5, 5.41) is 0. The number of halogens is 3. The summed E-state index contributed by atoms with van der Waals surface area (Å²) < 4.78 is 2.58. The van der Waals surface area contributed by atoms with Crippen molar-refractivity contribution in [1.82, 2.24) is 0 Å². The van der Waals surface area contributed by atoms with Crippen molar-refractivity contribution in [3.8, 4) is 0 Å². The second kappa shape index (κ2) is 3.90. The molecule has 60 valence electrons. The summed E-state index contributed by atoms with van der Waals surface area (Å²) in [5.41, 5.74) is -0.753. The molecule has 10 heavy (non-hydrogen) atoms. The van der Waals surface area contributed by atoms with Crippen LogP contribution in [0.25, 0.3) is 0 Å². The summed E-state index contributed by atoms with van der Waals surface area (Å²) in [4.78, 5) is 10.6. The second-order valence-electron chi connectivity index (χ2n) is 1.49. The van der Waals surface area contributed by atoms with Crippen LogP contribution >= 0.6 is 47.4 Å². The highest BCUT2D eigenvalue weighted by Gasteiger charge is 2.31. The normalized spacial score (nSPS) is 14.5. The van der Waals surface area contributed by atoms with Crippen molar-refractivity contribution < 1.29 is 9.53 Å². The number of esters is 1. The van der Waals surface area contributed by atoms with Crippen LogP contribution in [0.5, 0.6) is 0 Å². The van der Waals surface area contributed by atoms with Crippen LogP contribution in [0.4, 0.5) is 0 Å². The molecule has 1 atom stereocenters. The molecular formula is C4H5Cl3O2S. The van der Waals surface area contributed by atoms with E-state index in [4.69, 9.17) is 34.8 Å². The van der Waals surface area contributed by atoms with Gasteiger partial charge in [-0.3, -0.25) is 0 Å². The summed E-state index contributed by atoms with van der Waals surface area (Å²) in [5.74, 6) is -0.873. The van der Waals surface area contributed by atoms with Gasteiger partial charge < -0.3 is 4.74 Å². The van der Waals surface area contributed by atoms with E-state index in [0.29, 0.717) is 0 Å². The lowest BCUT2D eigenvalue weighted by atomic mass is 10.7. The standard InChI is InChI=1S/C4H5Cl3O2S/c1-2(5)9-3(8)4(6,7)10/h2,10H,1H3. The average Bonchev–Trinajstić information content (AvgIpc) is 1.60. The van der Waals surface area contributed by atoms with Gasteiger partial charge in [0.25, 0.3) is 3.67 Å². The van der Waals surface area contributed by atoms with Crippen molar-refractivity contribution >= 4 is 53.4 Å². The van der Waals surface area contributed by atoms with Crippen molar-refractivity contribution in [3.63, 3.8) is 0 Å². The first-order valence-electron chi connectivity index (χ1n) is 2.29. The van der Waals surface area contributed by atoms with E-state index in [2.05, 4.69) is 17.4 Å². The molecule has 0 N–H and O–H groups in total. The largest absolute Gasteiger partial charge is 0.443 e. The van der Waals surface area contributed by atoms with Gasteiger partial charge in [-0.15, -0.1) is 12.6 Å². The number of carbonyl (C=O) groups excluding carboxylic acids is 1. The minimum atomic E-state index is -1.82. The molecule has 0 rings (SSSR count). The highest BCUT2D eigenvalue weighted by molar-refractivity contribution is 7.86. The Morgan fingerprint density at radius 2 is 2.10 bits per heavy atom. The number of alkyl halides is 3. The van der Waals surface area contributed by atoms with E-state index >= 15 is 0 Å². The van der Waals surface area contributed by atoms with E-state index in [1.165, 1.54) is 6.92 Å². The van der Waals surface area contributed by atoms with E-state index in [1.807, 2.05) is 0 Å². The molecule has 0 aliphatic carbocycles. The Balaban J connectivity index is 3.87. The Hall–Kier alpha value is 0.690. The molecule has 6 heteroatoms. The zero-order valence-corrected chi connectivity index (χ0v) is 8.14. The third kappa shape index (κ3) is 4.50. The topological polar surface area (TPSA) is 26.3 Å². The SMILES string of the molecule is CC(Cl)OC(=O)C(S)(Cl)Cl. The fourth-order valence-corrected chi connectivity index (χ4v) is 0.441. The Kier molecular flexibility index (Phi) is 4.17. The molecule has 0 aliphatic rings. The number of hydrogen-bond donors (Lipinski definition) is 1. The highest BCUT2D eigenvalue weighted by Crippen LogP contribution is 2.27. The van der Waals surface area contributed by atoms with Crippen LogP contribution in [0.3, 0.4) is 0 Å². The van der Waals surface area contributed by atoms with Gasteiger partial charge in [0.05, 0.1) is 0 Å². The molecule has 0 bridgehead atoms. The van der Waals surface area contributed by atoms with Crippen molar-refractivity contribution in [1.29, 1.82) is 0 Å². The smallest absolute Gasteiger partial charge is 0.354 e. The van der Waals surface area contributed by atoms with Crippen LogP contribution in [0.1, 0.15) is 6.92 Å². The number of thiol groups is 1. The summed E-state index contributed by atoms with van der Waals surface area (Å²) in [6.45, 7) is 1.47. The van der Waals surface area contributed by atoms with Crippen LogP contribution in [0.2, 0.25) is 0 Å². The van der Waals surface area contributed by atoms with Crippen LogP contribution in [-0.4, -0.2) is 15.2 Å². The van der Waals surface area contributed by atoms with Crippen molar-refractivity contribution in [2.45, 2.75) is 16.2 Å². The van der Waals surface area contributed by atoms with Gasteiger partial charge in [0.15, 0.2) is 5.56 Å². The third-order valence-corrected chi connectivity index (χ3v) is 1.10. The van der Waals surface area contributed by atoms with Crippen LogP contribution in [0.15, 0.2) is 0 Å². The van der Waals surface area contributed by atoms with E-state index < -0.39 is 15.2 Å². The summed E-state index contributed by atoms with van der Waals surface area (Å²) in [6.07, 6.45) is 0. The molecule has 0 radical (unpaired) electrons. The van der Waals surface area contributed by atoms with Crippen molar-refractivity contribution in [3.05, 3.63) is 0 Å². The first-order valence-corrected chi connectivity index (χ1v) is 3.93.